The molecule has 23 heavy (non-hydrogen) atoms. The van der Waals surface area contributed by atoms with Crippen molar-refractivity contribution in [1.29, 1.82) is 0 Å². The number of H-pyrrole nitrogens is 1. The van der Waals surface area contributed by atoms with Gasteiger partial charge in [-0.1, -0.05) is 15.9 Å². The van der Waals surface area contributed by atoms with Crippen molar-refractivity contribution in [3.63, 3.8) is 0 Å². The fourth-order valence-electron chi connectivity index (χ4n) is 1.83. The molecule has 9 heteroatoms. The molecule has 0 atom stereocenters. The van der Waals surface area contributed by atoms with Crippen molar-refractivity contribution in [3.05, 3.63) is 61.7 Å². The van der Waals surface area contributed by atoms with Crippen LogP contribution in [0.1, 0.15) is 5.69 Å². The van der Waals surface area contributed by atoms with Gasteiger partial charge in [-0.25, -0.2) is 9.97 Å². The topological polar surface area (TPSA) is 88.3 Å². The van der Waals surface area contributed by atoms with Crippen molar-refractivity contribution >= 4 is 43.2 Å². The molecule has 116 valence electrons. The summed E-state index contributed by atoms with van der Waals surface area (Å²) in [5.74, 6) is 0.242. The maximum absolute atomic E-state index is 12.4. The van der Waals surface area contributed by atoms with E-state index in [-0.39, 0.29) is 17.2 Å². The quantitative estimate of drug-likeness (QED) is 0.622. The van der Waals surface area contributed by atoms with Crippen LogP contribution in [0.25, 0.3) is 5.95 Å². The Kier molecular flexibility index (Phi) is 4.49. The van der Waals surface area contributed by atoms with E-state index in [9.17, 15) is 4.79 Å². The number of rotatable bonds is 3. The van der Waals surface area contributed by atoms with Gasteiger partial charge in [0.2, 0.25) is 0 Å². The maximum atomic E-state index is 12.4. The third-order valence-corrected chi connectivity index (χ3v) is 3.88. The van der Waals surface area contributed by atoms with E-state index in [1.165, 1.54) is 4.68 Å². The first-order valence-corrected chi connectivity index (χ1v) is 8.10. The number of nitrogens with one attached hydrogen (secondary N) is 1. The van der Waals surface area contributed by atoms with Crippen LogP contribution in [0.4, 0.5) is 11.4 Å². The lowest BCUT2D eigenvalue weighted by Gasteiger charge is -1.97. The summed E-state index contributed by atoms with van der Waals surface area (Å²) in [5.41, 5.74) is 1.10. The lowest BCUT2D eigenvalue weighted by atomic mass is 10.3. The number of hydrogen-bond acceptors (Lipinski definition) is 5. The van der Waals surface area contributed by atoms with E-state index in [0.717, 1.165) is 8.95 Å². The Morgan fingerprint density at radius 3 is 2.35 bits per heavy atom. The fourth-order valence-corrected chi connectivity index (χ4v) is 2.30. The number of aromatic nitrogens is 4. The first-order valence-electron chi connectivity index (χ1n) is 6.51. The molecule has 0 aliphatic carbocycles. The molecule has 0 aliphatic rings. The Balaban J connectivity index is 1.96. The number of halogens is 2. The Bertz CT molecular complexity index is 912. The molecule has 2 aromatic heterocycles. The number of azo groups is 1. The molecule has 1 N–H and O–H groups in total. The molecular formula is C14H10Br2N6O. The fraction of sp³-hybridized carbons (Fsp3) is 0.0714. The SMILES string of the molecule is Cc1[nH]n(-c2ncc(Br)cn2)c(=O)c1N=Nc1ccc(Br)cc1. The molecule has 0 fully saturated rings. The van der Waals surface area contributed by atoms with Gasteiger partial charge in [-0.3, -0.25) is 9.89 Å². The average molecular weight is 438 g/mol. The first-order chi connectivity index (χ1) is 11.0. The van der Waals surface area contributed by atoms with Gasteiger partial charge in [0.1, 0.15) is 0 Å². The molecule has 7 nitrogen and oxygen atoms in total. The van der Waals surface area contributed by atoms with Crippen LogP contribution < -0.4 is 5.56 Å². The minimum Gasteiger partial charge on any atom is -0.290 e. The molecule has 0 aliphatic heterocycles. The van der Waals surface area contributed by atoms with E-state index in [2.05, 4.69) is 57.2 Å². The van der Waals surface area contributed by atoms with Gasteiger partial charge in [-0.05, 0) is 47.1 Å². The number of nitrogens with zero attached hydrogens (tertiary/aromatic N) is 5. The molecule has 2 heterocycles. The largest absolute Gasteiger partial charge is 0.301 e. The van der Waals surface area contributed by atoms with Crippen LogP contribution in [0, 0.1) is 6.92 Å². The smallest absolute Gasteiger partial charge is 0.290 e. The van der Waals surface area contributed by atoms with Crippen LogP contribution in [0.15, 0.2) is 60.6 Å². The van der Waals surface area contributed by atoms with E-state index < -0.39 is 0 Å². The minimum atomic E-state index is -0.356. The normalized spacial score (nSPS) is 11.3. The zero-order valence-corrected chi connectivity index (χ0v) is 15.0. The Morgan fingerprint density at radius 1 is 1.04 bits per heavy atom. The monoisotopic (exact) mass is 436 g/mol. The van der Waals surface area contributed by atoms with Crippen molar-refractivity contribution in [2.45, 2.75) is 6.92 Å². The summed E-state index contributed by atoms with van der Waals surface area (Å²) in [6, 6.07) is 7.30. The van der Waals surface area contributed by atoms with Gasteiger partial charge in [0.15, 0.2) is 5.69 Å². The second kappa shape index (κ2) is 6.55. The third-order valence-electron chi connectivity index (χ3n) is 2.94. The number of hydrogen-bond donors (Lipinski definition) is 1. The summed E-state index contributed by atoms with van der Waals surface area (Å²) < 4.78 is 2.91. The number of aromatic amines is 1. The second-order valence-electron chi connectivity index (χ2n) is 4.60. The molecular weight excluding hydrogens is 428 g/mol. The van der Waals surface area contributed by atoms with Crippen molar-refractivity contribution < 1.29 is 0 Å². The van der Waals surface area contributed by atoms with Gasteiger partial charge >= 0.3 is 5.56 Å². The lowest BCUT2D eigenvalue weighted by molar-refractivity contribution is 0.772. The maximum Gasteiger partial charge on any atom is 0.301 e. The van der Waals surface area contributed by atoms with Crippen LogP contribution >= 0.6 is 31.9 Å². The van der Waals surface area contributed by atoms with E-state index in [0.29, 0.717) is 11.4 Å². The van der Waals surface area contributed by atoms with Gasteiger partial charge in [0.25, 0.3) is 5.95 Å². The van der Waals surface area contributed by atoms with Crippen molar-refractivity contribution in [2.24, 2.45) is 10.2 Å². The van der Waals surface area contributed by atoms with Gasteiger partial charge in [-0.15, -0.1) is 5.11 Å². The molecule has 0 spiro atoms. The molecule has 3 rings (SSSR count). The molecule has 3 aromatic rings. The van der Waals surface area contributed by atoms with Crippen molar-refractivity contribution in [1.82, 2.24) is 19.7 Å². The number of benzene rings is 1. The van der Waals surface area contributed by atoms with Gasteiger partial charge in [0.05, 0.1) is 15.9 Å². The highest BCUT2D eigenvalue weighted by Gasteiger charge is 2.13. The van der Waals surface area contributed by atoms with Gasteiger partial charge in [0, 0.05) is 16.9 Å². The zero-order chi connectivity index (χ0) is 16.4. The molecule has 0 radical (unpaired) electrons. The molecule has 0 saturated carbocycles. The molecule has 0 saturated heterocycles. The van der Waals surface area contributed by atoms with Crippen LogP contribution in [0.3, 0.4) is 0 Å². The van der Waals surface area contributed by atoms with Crippen LogP contribution in [-0.4, -0.2) is 19.7 Å². The van der Waals surface area contributed by atoms with Gasteiger partial charge < -0.3 is 0 Å². The summed E-state index contributed by atoms with van der Waals surface area (Å²) in [6.45, 7) is 1.74. The highest BCUT2D eigenvalue weighted by Crippen LogP contribution is 2.20. The van der Waals surface area contributed by atoms with Gasteiger partial charge in [-0.2, -0.15) is 9.80 Å². The summed E-state index contributed by atoms with van der Waals surface area (Å²) in [4.78, 5) is 20.6. The summed E-state index contributed by atoms with van der Waals surface area (Å²) in [7, 11) is 0. The van der Waals surface area contributed by atoms with E-state index in [1.54, 1.807) is 31.5 Å². The Hall–Kier alpha value is -2.13. The lowest BCUT2D eigenvalue weighted by Crippen LogP contribution is -2.16. The predicted octanol–water partition coefficient (Wildman–Crippen LogP) is 4.20. The highest BCUT2D eigenvalue weighted by atomic mass is 79.9. The first kappa shape index (κ1) is 15.8. The minimum absolute atomic E-state index is 0.222. The average Bonchev–Trinajstić information content (AvgIpc) is 2.82. The standard InChI is InChI=1S/C14H10Br2N6O/c1-8-12(20-19-11-4-2-9(15)3-5-11)13(23)22(21-8)14-17-6-10(16)7-18-14/h2-7,21H,1H3. The van der Waals surface area contributed by atoms with Crippen LogP contribution in [0.5, 0.6) is 0 Å². The van der Waals surface area contributed by atoms with Crippen LogP contribution in [0.2, 0.25) is 0 Å². The second-order valence-corrected chi connectivity index (χ2v) is 6.44. The van der Waals surface area contributed by atoms with Crippen LogP contribution in [-0.2, 0) is 0 Å². The van der Waals surface area contributed by atoms with Crippen molar-refractivity contribution in [3.8, 4) is 5.95 Å². The van der Waals surface area contributed by atoms with E-state index in [1.807, 2.05) is 12.1 Å². The van der Waals surface area contributed by atoms with Crippen molar-refractivity contribution in [2.75, 3.05) is 0 Å². The van der Waals surface area contributed by atoms with E-state index >= 15 is 0 Å². The van der Waals surface area contributed by atoms with E-state index in [4.69, 9.17) is 0 Å². The predicted molar refractivity (Wildman–Crippen MR) is 92.7 cm³/mol. The molecule has 1 aromatic carbocycles. The summed E-state index contributed by atoms with van der Waals surface area (Å²) in [5, 5.41) is 11.0. The Morgan fingerprint density at radius 2 is 1.70 bits per heavy atom. The zero-order valence-electron chi connectivity index (χ0n) is 11.9. The summed E-state index contributed by atoms with van der Waals surface area (Å²) in [6.07, 6.45) is 3.13. The Labute approximate surface area is 147 Å². The molecule has 0 bridgehead atoms. The third kappa shape index (κ3) is 3.45. The summed E-state index contributed by atoms with van der Waals surface area (Å²) >= 11 is 6.60. The molecule has 0 unspecified atom stereocenters. The highest BCUT2D eigenvalue weighted by molar-refractivity contribution is 9.10. The number of aryl methyl sites for hydroxylation is 1. The molecule has 0 amide bonds.